The molecule has 0 bridgehead atoms. The fraction of sp³-hybridized carbons (Fsp3) is 0.0909. The van der Waals surface area contributed by atoms with Crippen LogP contribution in [-0.2, 0) is 5.41 Å². The van der Waals surface area contributed by atoms with Gasteiger partial charge in [-0.2, -0.15) is 0 Å². The summed E-state index contributed by atoms with van der Waals surface area (Å²) in [4.78, 5) is 9.44. The van der Waals surface area contributed by atoms with Crippen molar-refractivity contribution in [1.29, 1.82) is 0 Å². The van der Waals surface area contributed by atoms with Crippen LogP contribution in [0.25, 0.3) is 61.2 Å². The van der Waals surface area contributed by atoms with E-state index in [-0.39, 0.29) is 5.41 Å². The minimum Gasteiger partial charge on any atom is -0.455 e. The maximum absolute atomic E-state index is 6.38. The summed E-state index contributed by atoms with van der Waals surface area (Å²) in [6, 6.07) is 32.0. The zero-order valence-corrected chi connectivity index (χ0v) is 20.6. The Morgan fingerprint density at radius 3 is 2.51 bits per heavy atom. The lowest BCUT2D eigenvalue weighted by Gasteiger charge is -2.35. The summed E-state index contributed by atoms with van der Waals surface area (Å²) < 4.78 is 8.69. The predicted molar refractivity (Wildman–Crippen MR) is 149 cm³/mol. The maximum Gasteiger partial charge on any atom is 0.147 e. The SMILES string of the molecule is CC1(C)c2cc(-c3cccc4c3oc3ccccc34)ccc2-n2c(-c3cccnc3)nc3cccc1c32. The van der Waals surface area contributed by atoms with E-state index in [0.29, 0.717) is 0 Å². The Balaban J connectivity index is 1.42. The van der Waals surface area contributed by atoms with Crippen molar-refractivity contribution in [3.63, 3.8) is 0 Å². The summed E-state index contributed by atoms with van der Waals surface area (Å²) in [5.74, 6) is 0.916. The molecule has 4 heterocycles. The van der Waals surface area contributed by atoms with Gasteiger partial charge in [0.25, 0.3) is 0 Å². The Morgan fingerprint density at radius 1 is 0.757 bits per heavy atom. The summed E-state index contributed by atoms with van der Waals surface area (Å²) in [6.45, 7) is 4.62. The largest absolute Gasteiger partial charge is 0.455 e. The molecule has 0 saturated carbocycles. The number of hydrogen-bond acceptors (Lipinski definition) is 3. The molecular formula is C33H23N3O. The molecule has 176 valence electrons. The molecule has 7 aromatic rings. The first-order valence-electron chi connectivity index (χ1n) is 12.6. The van der Waals surface area contributed by atoms with Crippen LogP contribution in [0.3, 0.4) is 0 Å². The Labute approximate surface area is 213 Å². The highest BCUT2D eigenvalue weighted by Crippen LogP contribution is 2.47. The highest BCUT2D eigenvalue weighted by atomic mass is 16.3. The molecular weight excluding hydrogens is 454 g/mol. The molecule has 4 aromatic carbocycles. The lowest BCUT2D eigenvalue weighted by molar-refractivity contribution is 0.629. The van der Waals surface area contributed by atoms with Gasteiger partial charge < -0.3 is 4.42 Å². The number of pyridine rings is 1. The molecule has 4 nitrogen and oxygen atoms in total. The molecule has 0 amide bonds. The number of para-hydroxylation sites is 3. The zero-order valence-electron chi connectivity index (χ0n) is 20.6. The topological polar surface area (TPSA) is 43.9 Å². The second-order valence-corrected chi connectivity index (χ2v) is 10.3. The second kappa shape index (κ2) is 7.17. The Hall–Kier alpha value is -4.70. The fourth-order valence-corrected chi connectivity index (χ4v) is 6.07. The van der Waals surface area contributed by atoms with Gasteiger partial charge >= 0.3 is 0 Å². The van der Waals surface area contributed by atoms with Crippen LogP contribution < -0.4 is 0 Å². The van der Waals surface area contributed by atoms with Crippen LogP contribution in [0, 0.1) is 0 Å². The summed E-state index contributed by atoms with van der Waals surface area (Å²) >= 11 is 0. The normalized spacial score (nSPS) is 13.9. The molecule has 1 aliphatic heterocycles. The van der Waals surface area contributed by atoms with Gasteiger partial charge in [0.05, 0.1) is 16.7 Å². The van der Waals surface area contributed by atoms with Gasteiger partial charge in [-0.25, -0.2) is 4.98 Å². The highest BCUT2D eigenvalue weighted by molar-refractivity contribution is 6.09. The Bertz CT molecular complexity index is 2010. The molecule has 0 saturated heterocycles. The molecule has 0 radical (unpaired) electrons. The zero-order chi connectivity index (χ0) is 24.7. The molecule has 0 N–H and O–H groups in total. The first-order valence-corrected chi connectivity index (χ1v) is 12.6. The van der Waals surface area contributed by atoms with E-state index in [0.717, 1.165) is 55.7 Å². The molecule has 4 heteroatoms. The summed E-state index contributed by atoms with van der Waals surface area (Å²) in [7, 11) is 0. The van der Waals surface area contributed by atoms with Crippen LogP contribution in [-0.4, -0.2) is 14.5 Å². The van der Waals surface area contributed by atoms with Gasteiger partial charge in [-0.1, -0.05) is 68.4 Å². The first-order chi connectivity index (χ1) is 18.1. The third-order valence-electron chi connectivity index (χ3n) is 7.90. The standard InChI is InChI=1S/C33H23N3O/c1-33(2)25-12-6-13-27-30(25)36(32(35-27)21-8-7-17-34-19-21)28-16-15-20(18-26(28)33)22-10-5-11-24-23-9-3-4-14-29(23)37-31(22)24/h3-19H,1-2H3. The Kier molecular flexibility index (Phi) is 3.97. The minimum absolute atomic E-state index is 0.200. The van der Waals surface area contributed by atoms with Crippen molar-refractivity contribution >= 4 is 33.0 Å². The summed E-state index contributed by atoms with van der Waals surface area (Å²) in [5.41, 5.74) is 10.8. The van der Waals surface area contributed by atoms with E-state index in [1.165, 1.54) is 16.6 Å². The van der Waals surface area contributed by atoms with E-state index < -0.39 is 0 Å². The number of rotatable bonds is 2. The Morgan fingerprint density at radius 2 is 1.62 bits per heavy atom. The van der Waals surface area contributed by atoms with E-state index in [9.17, 15) is 0 Å². The van der Waals surface area contributed by atoms with Gasteiger partial charge in [0.1, 0.15) is 17.0 Å². The first kappa shape index (κ1) is 20.5. The minimum atomic E-state index is -0.200. The van der Waals surface area contributed by atoms with Crippen molar-refractivity contribution < 1.29 is 4.42 Å². The molecule has 1 aliphatic rings. The number of benzene rings is 4. The summed E-state index contributed by atoms with van der Waals surface area (Å²) in [6.07, 6.45) is 3.69. The van der Waals surface area contributed by atoms with Crippen molar-refractivity contribution in [2.24, 2.45) is 0 Å². The molecule has 37 heavy (non-hydrogen) atoms. The molecule has 0 unspecified atom stereocenters. The van der Waals surface area contributed by atoms with E-state index in [2.05, 4.69) is 96.2 Å². The second-order valence-electron chi connectivity index (χ2n) is 10.3. The molecule has 0 spiro atoms. The molecule has 0 aliphatic carbocycles. The van der Waals surface area contributed by atoms with E-state index in [1.54, 1.807) is 6.20 Å². The third kappa shape index (κ3) is 2.73. The van der Waals surface area contributed by atoms with Crippen LogP contribution in [0.15, 0.2) is 108 Å². The van der Waals surface area contributed by atoms with Crippen molar-refractivity contribution in [1.82, 2.24) is 14.5 Å². The smallest absolute Gasteiger partial charge is 0.147 e. The van der Waals surface area contributed by atoms with E-state index in [4.69, 9.17) is 9.40 Å². The van der Waals surface area contributed by atoms with Gasteiger partial charge in [0.2, 0.25) is 0 Å². The quantitative estimate of drug-likeness (QED) is 0.252. The van der Waals surface area contributed by atoms with Crippen molar-refractivity contribution in [2.75, 3.05) is 0 Å². The van der Waals surface area contributed by atoms with E-state index >= 15 is 0 Å². The van der Waals surface area contributed by atoms with Gasteiger partial charge in [-0.15, -0.1) is 0 Å². The number of nitrogens with zero attached hydrogens (tertiary/aromatic N) is 3. The van der Waals surface area contributed by atoms with Crippen LogP contribution in [0.4, 0.5) is 0 Å². The molecule has 0 fully saturated rings. The number of aromatic nitrogens is 3. The lowest BCUT2D eigenvalue weighted by atomic mass is 9.74. The number of furan rings is 1. The van der Waals surface area contributed by atoms with Gasteiger partial charge in [0, 0.05) is 39.7 Å². The van der Waals surface area contributed by atoms with Crippen molar-refractivity contribution in [3.8, 4) is 28.2 Å². The van der Waals surface area contributed by atoms with Crippen LogP contribution in [0.2, 0.25) is 0 Å². The highest BCUT2D eigenvalue weighted by Gasteiger charge is 2.36. The van der Waals surface area contributed by atoms with Crippen LogP contribution in [0.1, 0.15) is 25.0 Å². The van der Waals surface area contributed by atoms with Gasteiger partial charge in [-0.3, -0.25) is 9.55 Å². The molecule has 0 atom stereocenters. The van der Waals surface area contributed by atoms with Gasteiger partial charge in [-0.05, 0) is 53.1 Å². The number of hydrogen-bond donors (Lipinski definition) is 0. The third-order valence-corrected chi connectivity index (χ3v) is 7.90. The summed E-state index contributed by atoms with van der Waals surface area (Å²) in [5, 5.41) is 2.29. The lowest BCUT2D eigenvalue weighted by Crippen LogP contribution is -2.26. The van der Waals surface area contributed by atoms with Crippen molar-refractivity contribution in [3.05, 3.63) is 115 Å². The van der Waals surface area contributed by atoms with Crippen LogP contribution in [0.5, 0.6) is 0 Å². The average molecular weight is 478 g/mol. The fourth-order valence-electron chi connectivity index (χ4n) is 6.07. The number of imidazole rings is 1. The van der Waals surface area contributed by atoms with Crippen LogP contribution >= 0.6 is 0 Å². The predicted octanol–water partition coefficient (Wildman–Crippen LogP) is 8.29. The molecule has 3 aromatic heterocycles. The monoisotopic (exact) mass is 477 g/mol. The van der Waals surface area contributed by atoms with Crippen molar-refractivity contribution in [2.45, 2.75) is 19.3 Å². The average Bonchev–Trinajstić information content (AvgIpc) is 3.51. The maximum atomic E-state index is 6.38. The van der Waals surface area contributed by atoms with E-state index in [1.807, 2.05) is 24.4 Å². The van der Waals surface area contributed by atoms with Gasteiger partial charge in [0.15, 0.2) is 0 Å². The molecule has 8 rings (SSSR count). The number of fused-ring (bicyclic) bond motifs is 5.